The highest BCUT2D eigenvalue weighted by Crippen LogP contribution is 2.17. The summed E-state index contributed by atoms with van der Waals surface area (Å²) in [7, 11) is 0. The summed E-state index contributed by atoms with van der Waals surface area (Å²) in [4.78, 5) is 25.1. The summed E-state index contributed by atoms with van der Waals surface area (Å²) in [6.07, 6.45) is 3.47. The molecule has 1 saturated heterocycles. The largest absolute Gasteiger partial charge is 0.369 e. The number of carbonyl (C=O) groups excluding carboxylic acids is 2. The minimum Gasteiger partial charge on any atom is -0.369 e. The molecule has 1 rings (SSSR count). The Bertz CT molecular complexity index is 302. The van der Waals surface area contributed by atoms with Gasteiger partial charge >= 0.3 is 0 Å². The van der Waals surface area contributed by atoms with Crippen LogP contribution in [0.3, 0.4) is 0 Å². The predicted molar refractivity (Wildman–Crippen MR) is 72.0 cm³/mol. The van der Waals surface area contributed by atoms with Crippen LogP contribution in [-0.2, 0) is 14.3 Å². The minimum atomic E-state index is -0.139. The van der Waals surface area contributed by atoms with E-state index in [9.17, 15) is 9.59 Å². The highest BCUT2D eigenvalue weighted by Gasteiger charge is 2.26. The lowest BCUT2D eigenvalue weighted by molar-refractivity contribution is -0.141. The van der Waals surface area contributed by atoms with E-state index in [4.69, 9.17) is 10.6 Å². The number of rotatable bonds is 6. The molecule has 1 heterocycles. The Morgan fingerprint density at radius 3 is 2.58 bits per heavy atom. The van der Waals surface area contributed by atoms with Crippen molar-refractivity contribution >= 4 is 11.8 Å². The lowest BCUT2D eigenvalue weighted by atomic mass is 9.96. The van der Waals surface area contributed by atoms with Crippen molar-refractivity contribution in [1.29, 1.82) is 0 Å². The Hall–Kier alpha value is -1.14. The lowest BCUT2D eigenvalue weighted by Crippen LogP contribution is -2.45. The predicted octanol–water partition coefficient (Wildman–Crippen LogP) is 0.420. The fourth-order valence-electron chi connectivity index (χ4n) is 2.30. The van der Waals surface area contributed by atoms with Gasteiger partial charge in [0.05, 0.1) is 6.10 Å². The van der Waals surface area contributed by atoms with Gasteiger partial charge in [0.15, 0.2) is 0 Å². The monoisotopic (exact) mass is 271 g/mol. The van der Waals surface area contributed by atoms with Crippen molar-refractivity contribution in [2.45, 2.75) is 45.6 Å². The zero-order valence-electron chi connectivity index (χ0n) is 11.9. The molecule has 6 heteroatoms. The van der Waals surface area contributed by atoms with Crippen molar-refractivity contribution < 1.29 is 14.3 Å². The summed E-state index contributed by atoms with van der Waals surface area (Å²) in [6.45, 7) is 5.41. The topological polar surface area (TPSA) is 84.7 Å². The average molecular weight is 271 g/mol. The maximum atomic E-state index is 11.9. The molecule has 1 aliphatic heterocycles. The van der Waals surface area contributed by atoms with Gasteiger partial charge < -0.3 is 9.64 Å². The number of likely N-dealkylation sites (tertiary alicyclic amines) is 1. The third kappa shape index (κ3) is 5.16. The quantitative estimate of drug-likeness (QED) is 0.416. The number of nitrogens with two attached hydrogens (primary N) is 1. The summed E-state index contributed by atoms with van der Waals surface area (Å²) < 4.78 is 5.50. The van der Waals surface area contributed by atoms with Crippen molar-refractivity contribution in [1.82, 2.24) is 10.3 Å². The second-order valence-corrected chi connectivity index (χ2v) is 5.07. The number of nitrogens with zero attached hydrogens (tertiary/aromatic N) is 1. The highest BCUT2D eigenvalue weighted by atomic mass is 16.5. The molecule has 1 atom stereocenters. The number of nitrogens with one attached hydrogen (secondary N) is 1. The average Bonchev–Trinajstić information content (AvgIpc) is 2.44. The van der Waals surface area contributed by atoms with Crippen LogP contribution in [0.25, 0.3) is 0 Å². The molecule has 0 aromatic heterocycles. The van der Waals surface area contributed by atoms with E-state index in [-0.39, 0.29) is 30.4 Å². The van der Waals surface area contributed by atoms with E-state index in [0.717, 1.165) is 12.8 Å². The maximum Gasteiger partial charge on any atom is 0.248 e. The first kappa shape index (κ1) is 15.9. The van der Waals surface area contributed by atoms with E-state index in [1.807, 2.05) is 6.92 Å². The van der Waals surface area contributed by atoms with Crippen LogP contribution in [0.5, 0.6) is 0 Å². The molecule has 0 saturated carbocycles. The first-order valence-electron chi connectivity index (χ1n) is 6.98. The lowest BCUT2D eigenvalue weighted by Gasteiger charge is -2.31. The summed E-state index contributed by atoms with van der Waals surface area (Å²) in [5.41, 5.74) is 2.17. The molecule has 1 aliphatic rings. The first-order chi connectivity index (χ1) is 9.08. The fraction of sp³-hybridized carbons (Fsp3) is 0.846. The van der Waals surface area contributed by atoms with Gasteiger partial charge in [0.1, 0.15) is 6.61 Å². The number of carbonyl (C=O) groups is 2. The Morgan fingerprint density at radius 2 is 2.05 bits per heavy atom. The molecule has 0 spiro atoms. The molecule has 110 valence electrons. The molecule has 19 heavy (non-hydrogen) atoms. The fourth-order valence-corrected chi connectivity index (χ4v) is 2.30. The molecule has 1 fully saturated rings. The Morgan fingerprint density at radius 1 is 1.42 bits per heavy atom. The van der Waals surface area contributed by atoms with Gasteiger partial charge in [-0.25, -0.2) is 5.84 Å². The zero-order chi connectivity index (χ0) is 14.3. The van der Waals surface area contributed by atoms with Gasteiger partial charge in [-0.3, -0.25) is 15.0 Å². The second kappa shape index (κ2) is 8.12. The van der Waals surface area contributed by atoms with Gasteiger partial charge in [-0.1, -0.05) is 13.3 Å². The van der Waals surface area contributed by atoms with Gasteiger partial charge in [-0.05, 0) is 26.2 Å². The Labute approximate surface area is 114 Å². The third-order valence-electron chi connectivity index (χ3n) is 3.55. The Kier molecular flexibility index (Phi) is 6.80. The minimum absolute atomic E-state index is 0.00885. The molecule has 3 N–H and O–H groups in total. The van der Waals surface area contributed by atoms with E-state index in [0.29, 0.717) is 25.9 Å². The molecule has 0 radical (unpaired) electrons. The van der Waals surface area contributed by atoms with Crippen LogP contribution in [-0.4, -0.2) is 42.5 Å². The van der Waals surface area contributed by atoms with E-state index < -0.39 is 0 Å². The molecular weight excluding hydrogens is 246 g/mol. The van der Waals surface area contributed by atoms with Gasteiger partial charge in [0.2, 0.25) is 11.8 Å². The highest BCUT2D eigenvalue weighted by molar-refractivity contribution is 5.80. The van der Waals surface area contributed by atoms with Gasteiger partial charge in [-0.2, -0.15) is 0 Å². The summed E-state index contributed by atoms with van der Waals surface area (Å²) in [5.74, 6) is 4.90. The van der Waals surface area contributed by atoms with Crippen molar-refractivity contribution in [2.75, 3.05) is 19.7 Å². The Balaban J connectivity index is 2.27. The van der Waals surface area contributed by atoms with Crippen LogP contribution in [0.4, 0.5) is 0 Å². The molecule has 0 bridgehead atoms. The van der Waals surface area contributed by atoms with Crippen LogP contribution in [0, 0.1) is 5.92 Å². The van der Waals surface area contributed by atoms with Gasteiger partial charge in [0.25, 0.3) is 0 Å². The molecule has 0 aromatic carbocycles. The number of amides is 2. The van der Waals surface area contributed by atoms with Crippen molar-refractivity contribution in [2.24, 2.45) is 11.8 Å². The summed E-state index contributed by atoms with van der Waals surface area (Å²) in [5, 5.41) is 0. The standard InChI is InChI=1S/C13H25N3O3/c1-3-4-10(2)19-9-12(17)16-7-5-11(6-8-16)13(18)15-14/h10-11H,3-9,14H2,1-2H3,(H,15,18). The van der Waals surface area contributed by atoms with Crippen molar-refractivity contribution in [3.8, 4) is 0 Å². The second-order valence-electron chi connectivity index (χ2n) is 5.07. The molecule has 6 nitrogen and oxygen atoms in total. The number of ether oxygens (including phenoxy) is 1. The summed E-state index contributed by atoms with van der Waals surface area (Å²) in [6, 6.07) is 0. The SMILES string of the molecule is CCCC(C)OCC(=O)N1CCC(C(=O)NN)CC1. The first-order valence-corrected chi connectivity index (χ1v) is 6.98. The van der Waals surface area contributed by atoms with Gasteiger partial charge in [0, 0.05) is 19.0 Å². The zero-order valence-corrected chi connectivity index (χ0v) is 11.9. The van der Waals surface area contributed by atoms with Crippen LogP contribution >= 0.6 is 0 Å². The summed E-state index contributed by atoms with van der Waals surface area (Å²) >= 11 is 0. The number of piperidine rings is 1. The maximum absolute atomic E-state index is 11.9. The van der Waals surface area contributed by atoms with Crippen LogP contribution in [0.2, 0.25) is 0 Å². The smallest absolute Gasteiger partial charge is 0.248 e. The molecule has 2 amide bonds. The van der Waals surface area contributed by atoms with E-state index in [1.165, 1.54) is 0 Å². The normalized spacial score (nSPS) is 18.2. The molecular formula is C13H25N3O3. The number of hydrogen-bond donors (Lipinski definition) is 2. The van der Waals surface area contributed by atoms with Crippen molar-refractivity contribution in [3.05, 3.63) is 0 Å². The molecule has 0 aliphatic carbocycles. The van der Waals surface area contributed by atoms with E-state index in [1.54, 1.807) is 4.90 Å². The number of hydrazine groups is 1. The molecule has 1 unspecified atom stereocenters. The van der Waals surface area contributed by atoms with E-state index in [2.05, 4.69) is 12.3 Å². The van der Waals surface area contributed by atoms with Crippen LogP contribution in [0.1, 0.15) is 39.5 Å². The number of hydrogen-bond acceptors (Lipinski definition) is 4. The van der Waals surface area contributed by atoms with Gasteiger partial charge in [-0.15, -0.1) is 0 Å². The molecule has 0 aromatic rings. The van der Waals surface area contributed by atoms with E-state index >= 15 is 0 Å². The van der Waals surface area contributed by atoms with Crippen LogP contribution < -0.4 is 11.3 Å². The third-order valence-corrected chi connectivity index (χ3v) is 3.55. The van der Waals surface area contributed by atoms with Crippen molar-refractivity contribution in [3.63, 3.8) is 0 Å². The van der Waals surface area contributed by atoms with Crippen LogP contribution in [0.15, 0.2) is 0 Å².